The van der Waals surface area contributed by atoms with Gasteiger partial charge < -0.3 is 9.47 Å². The number of halogens is 1. The summed E-state index contributed by atoms with van der Waals surface area (Å²) < 4.78 is 14.0. The Morgan fingerprint density at radius 2 is 1.97 bits per heavy atom. The van der Waals surface area contributed by atoms with Gasteiger partial charge in [-0.1, -0.05) is 32.9 Å². The fraction of sp³-hybridized carbons (Fsp3) is 0.375. The second-order valence-electron chi connectivity index (χ2n) is 8.48. The highest BCUT2D eigenvalue weighted by molar-refractivity contribution is 9.10. The standard InChI is InChI=1S/C24H28BrN3O3/c1-16-8-6-10-20(31-17(2)29)22(16)30-13-7-9-18-15-28(27-23(18)24(3,4)5)21-12-11-19(25)14-26-21/h6,8,10-12,14-15H,7,9,13H2,1-5H3. The van der Waals surface area contributed by atoms with Crippen molar-refractivity contribution in [3.8, 4) is 17.3 Å². The molecule has 0 spiro atoms. The fourth-order valence-electron chi connectivity index (χ4n) is 3.33. The molecule has 0 aliphatic carbocycles. The van der Waals surface area contributed by atoms with Crippen molar-refractivity contribution in [2.45, 2.75) is 52.9 Å². The monoisotopic (exact) mass is 485 g/mol. The highest BCUT2D eigenvalue weighted by atomic mass is 79.9. The predicted molar refractivity (Wildman–Crippen MR) is 124 cm³/mol. The Balaban J connectivity index is 1.72. The lowest BCUT2D eigenvalue weighted by Gasteiger charge is -2.17. The van der Waals surface area contributed by atoms with E-state index < -0.39 is 0 Å². The van der Waals surface area contributed by atoms with Crippen molar-refractivity contribution in [3.05, 3.63) is 64.0 Å². The molecule has 2 heterocycles. The number of hydrogen-bond acceptors (Lipinski definition) is 5. The van der Waals surface area contributed by atoms with Crippen LogP contribution < -0.4 is 9.47 Å². The van der Waals surface area contributed by atoms with Crippen LogP contribution in [0.2, 0.25) is 0 Å². The zero-order chi connectivity index (χ0) is 22.6. The minimum atomic E-state index is -0.362. The normalized spacial score (nSPS) is 11.4. The minimum absolute atomic E-state index is 0.0880. The van der Waals surface area contributed by atoms with E-state index in [2.05, 4.69) is 47.9 Å². The van der Waals surface area contributed by atoms with Crippen LogP contribution in [0.15, 0.2) is 47.2 Å². The first-order chi connectivity index (χ1) is 14.6. The summed E-state index contributed by atoms with van der Waals surface area (Å²) in [6, 6.07) is 9.43. The van der Waals surface area contributed by atoms with E-state index in [0.29, 0.717) is 18.1 Å². The van der Waals surface area contributed by atoms with Crippen molar-refractivity contribution in [2.24, 2.45) is 0 Å². The highest BCUT2D eigenvalue weighted by Gasteiger charge is 2.23. The Morgan fingerprint density at radius 3 is 2.61 bits per heavy atom. The predicted octanol–water partition coefficient (Wildman–Crippen LogP) is 5.57. The molecule has 2 aromatic heterocycles. The number of nitrogens with zero attached hydrogens (tertiary/aromatic N) is 3. The van der Waals surface area contributed by atoms with Crippen molar-refractivity contribution >= 4 is 21.9 Å². The van der Waals surface area contributed by atoms with Gasteiger partial charge in [-0.05, 0) is 65.0 Å². The topological polar surface area (TPSA) is 66.2 Å². The summed E-state index contributed by atoms with van der Waals surface area (Å²) in [5.74, 6) is 1.49. The smallest absolute Gasteiger partial charge is 0.308 e. The average molecular weight is 486 g/mol. The van der Waals surface area contributed by atoms with Gasteiger partial charge in [0.15, 0.2) is 17.3 Å². The van der Waals surface area contributed by atoms with Crippen LogP contribution >= 0.6 is 15.9 Å². The zero-order valence-electron chi connectivity index (χ0n) is 18.6. The number of ether oxygens (including phenoxy) is 2. The molecule has 0 radical (unpaired) electrons. The molecule has 0 atom stereocenters. The van der Waals surface area contributed by atoms with E-state index in [1.165, 1.54) is 12.5 Å². The third kappa shape index (κ3) is 5.94. The lowest BCUT2D eigenvalue weighted by atomic mass is 9.88. The Labute approximate surface area is 191 Å². The van der Waals surface area contributed by atoms with Gasteiger partial charge in [-0.3, -0.25) is 4.79 Å². The SMILES string of the molecule is CC(=O)Oc1cccc(C)c1OCCCc1cn(-c2ccc(Br)cn2)nc1C(C)(C)C. The quantitative estimate of drug-likeness (QED) is 0.248. The van der Waals surface area contributed by atoms with Gasteiger partial charge in [0.25, 0.3) is 0 Å². The van der Waals surface area contributed by atoms with Crippen LogP contribution in [0.5, 0.6) is 11.5 Å². The maximum atomic E-state index is 11.4. The number of rotatable bonds is 7. The third-order valence-electron chi connectivity index (χ3n) is 4.71. The molecule has 0 unspecified atom stereocenters. The second kappa shape index (κ2) is 9.64. The molecule has 164 valence electrons. The van der Waals surface area contributed by atoms with Crippen LogP contribution in [0.25, 0.3) is 5.82 Å². The van der Waals surface area contributed by atoms with E-state index in [1.807, 2.05) is 35.9 Å². The molecular weight excluding hydrogens is 458 g/mol. The van der Waals surface area contributed by atoms with Gasteiger partial charge in [0.2, 0.25) is 0 Å². The molecule has 6 nitrogen and oxygen atoms in total. The number of carbonyl (C=O) groups is 1. The molecule has 31 heavy (non-hydrogen) atoms. The number of esters is 1. The van der Waals surface area contributed by atoms with E-state index in [0.717, 1.165) is 34.4 Å². The minimum Gasteiger partial charge on any atom is -0.489 e. The van der Waals surface area contributed by atoms with Crippen molar-refractivity contribution in [2.75, 3.05) is 6.61 Å². The number of para-hydroxylation sites is 1. The number of aryl methyl sites for hydroxylation is 2. The Hall–Kier alpha value is -2.67. The molecule has 0 saturated heterocycles. The number of pyridine rings is 1. The molecule has 0 aliphatic rings. The lowest BCUT2D eigenvalue weighted by Crippen LogP contribution is -2.15. The third-order valence-corrected chi connectivity index (χ3v) is 5.18. The summed E-state index contributed by atoms with van der Waals surface area (Å²) >= 11 is 3.42. The number of carbonyl (C=O) groups excluding carboxylic acids is 1. The molecule has 3 rings (SSSR count). The molecule has 7 heteroatoms. The van der Waals surface area contributed by atoms with E-state index in [4.69, 9.17) is 14.6 Å². The maximum absolute atomic E-state index is 11.4. The second-order valence-corrected chi connectivity index (χ2v) is 9.40. The Bertz CT molecular complexity index is 1050. The fourth-order valence-corrected chi connectivity index (χ4v) is 3.56. The summed E-state index contributed by atoms with van der Waals surface area (Å²) in [4.78, 5) is 15.8. The number of benzene rings is 1. The highest BCUT2D eigenvalue weighted by Crippen LogP contribution is 2.31. The molecule has 0 amide bonds. The van der Waals surface area contributed by atoms with E-state index in [1.54, 1.807) is 12.3 Å². The molecule has 0 bridgehead atoms. The largest absolute Gasteiger partial charge is 0.489 e. The van der Waals surface area contributed by atoms with Gasteiger partial charge in [-0.25, -0.2) is 9.67 Å². The van der Waals surface area contributed by atoms with Gasteiger partial charge >= 0.3 is 5.97 Å². The van der Waals surface area contributed by atoms with Crippen molar-refractivity contribution in [3.63, 3.8) is 0 Å². The van der Waals surface area contributed by atoms with Gasteiger partial charge in [-0.15, -0.1) is 0 Å². The van der Waals surface area contributed by atoms with Crippen molar-refractivity contribution in [1.82, 2.24) is 14.8 Å². The lowest BCUT2D eigenvalue weighted by molar-refractivity contribution is -0.132. The maximum Gasteiger partial charge on any atom is 0.308 e. The molecule has 0 saturated carbocycles. The summed E-state index contributed by atoms with van der Waals surface area (Å²) in [7, 11) is 0. The first kappa shape index (κ1) is 23.0. The van der Waals surface area contributed by atoms with E-state index in [-0.39, 0.29) is 11.4 Å². The summed E-state index contributed by atoms with van der Waals surface area (Å²) in [5.41, 5.74) is 3.07. The Kier molecular flexibility index (Phi) is 7.15. The van der Waals surface area contributed by atoms with E-state index in [9.17, 15) is 4.79 Å². The zero-order valence-corrected chi connectivity index (χ0v) is 20.2. The van der Waals surface area contributed by atoms with Gasteiger partial charge in [0.1, 0.15) is 0 Å². The molecule has 0 fully saturated rings. The van der Waals surface area contributed by atoms with Crippen LogP contribution in [0, 0.1) is 6.92 Å². The average Bonchev–Trinajstić information content (AvgIpc) is 3.12. The molecule has 3 aromatic rings. The number of hydrogen-bond donors (Lipinski definition) is 0. The molecule has 0 N–H and O–H groups in total. The molecule has 0 aliphatic heterocycles. The first-order valence-corrected chi connectivity index (χ1v) is 11.1. The van der Waals surface area contributed by atoms with Gasteiger partial charge in [-0.2, -0.15) is 5.10 Å². The van der Waals surface area contributed by atoms with Crippen LogP contribution in [-0.4, -0.2) is 27.3 Å². The van der Waals surface area contributed by atoms with Crippen LogP contribution in [0.4, 0.5) is 0 Å². The first-order valence-electron chi connectivity index (χ1n) is 10.3. The summed E-state index contributed by atoms with van der Waals surface area (Å²) in [6.45, 7) is 10.3. The molecule has 1 aromatic carbocycles. The Morgan fingerprint density at radius 1 is 1.19 bits per heavy atom. The van der Waals surface area contributed by atoms with Crippen LogP contribution in [0.1, 0.15) is 50.9 Å². The van der Waals surface area contributed by atoms with Crippen LogP contribution in [-0.2, 0) is 16.6 Å². The van der Waals surface area contributed by atoms with Crippen LogP contribution in [0.3, 0.4) is 0 Å². The van der Waals surface area contributed by atoms with Gasteiger partial charge in [0, 0.05) is 29.2 Å². The summed E-state index contributed by atoms with van der Waals surface area (Å²) in [6.07, 6.45) is 5.44. The van der Waals surface area contributed by atoms with E-state index >= 15 is 0 Å². The van der Waals surface area contributed by atoms with Gasteiger partial charge in [0.05, 0.1) is 12.3 Å². The summed E-state index contributed by atoms with van der Waals surface area (Å²) in [5, 5.41) is 4.82. The van der Waals surface area contributed by atoms with Crippen molar-refractivity contribution in [1.29, 1.82) is 0 Å². The molecular formula is C24H28BrN3O3. The number of aromatic nitrogens is 3. The van der Waals surface area contributed by atoms with Crippen molar-refractivity contribution < 1.29 is 14.3 Å².